The number of nitrogens with one attached hydrogen (secondary N) is 1. The summed E-state index contributed by atoms with van der Waals surface area (Å²) in [7, 11) is 3.83. The molecule has 140 valence electrons. The van der Waals surface area contributed by atoms with Gasteiger partial charge in [-0.15, -0.1) is 0 Å². The number of anilines is 2. The molecule has 3 aromatic rings. The standard InChI is InChI=1S/C20H23N5OS/c1-24(2)18-22-16-13(17(26)23-18)8-10-20(16)9-5-11-25(12-20)19-21-14-6-3-4-7-15(14)27-19/h3-4,6-7H,5,8-12H2,1-2H3,(H,22,23,26). The van der Waals surface area contributed by atoms with Gasteiger partial charge >= 0.3 is 0 Å². The summed E-state index contributed by atoms with van der Waals surface area (Å²) in [6.45, 7) is 1.91. The summed E-state index contributed by atoms with van der Waals surface area (Å²) in [5, 5.41) is 1.08. The van der Waals surface area contributed by atoms with Crippen molar-refractivity contribution in [1.82, 2.24) is 15.0 Å². The number of fused-ring (bicyclic) bond motifs is 3. The maximum absolute atomic E-state index is 12.6. The smallest absolute Gasteiger partial charge is 0.255 e. The third-order valence-electron chi connectivity index (χ3n) is 5.91. The van der Waals surface area contributed by atoms with E-state index in [0.717, 1.165) is 60.7 Å². The van der Waals surface area contributed by atoms with E-state index in [1.807, 2.05) is 25.1 Å². The largest absolute Gasteiger partial charge is 0.348 e. The van der Waals surface area contributed by atoms with Crippen molar-refractivity contribution in [3.63, 3.8) is 0 Å². The van der Waals surface area contributed by atoms with Gasteiger partial charge in [-0.3, -0.25) is 9.78 Å². The molecule has 27 heavy (non-hydrogen) atoms. The molecule has 5 rings (SSSR count). The second-order valence-corrected chi connectivity index (χ2v) is 8.89. The fourth-order valence-electron chi connectivity index (χ4n) is 4.54. The molecule has 1 spiro atoms. The van der Waals surface area contributed by atoms with Crippen LogP contribution in [-0.4, -0.2) is 42.1 Å². The van der Waals surface area contributed by atoms with E-state index >= 15 is 0 Å². The number of benzene rings is 1. The molecule has 0 bridgehead atoms. The van der Waals surface area contributed by atoms with E-state index in [2.05, 4.69) is 28.1 Å². The van der Waals surface area contributed by atoms with Crippen molar-refractivity contribution in [1.29, 1.82) is 0 Å². The summed E-state index contributed by atoms with van der Waals surface area (Å²) in [6.07, 6.45) is 4.00. The Morgan fingerprint density at radius 3 is 2.89 bits per heavy atom. The Bertz CT molecular complexity index is 1040. The van der Waals surface area contributed by atoms with Crippen molar-refractivity contribution in [2.45, 2.75) is 31.1 Å². The summed E-state index contributed by atoms with van der Waals surface area (Å²) < 4.78 is 1.23. The van der Waals surface area contributed by atoms with E-state index in [-0.39, 0.29) is 11.0 Å². The van der Waals surface area contributed by atoms with E-state index in [1.54, 1.807) is 11.3 Å². The van der Waals surface area contributed by atoms with Gasteiger partial charge in [0.2, 0.25) is 5.95 Å². The lowest BCUT2D eigenvalue weighted by Gasteiger charge is -2.40. The van der Waals surface area contributed by atoms with Crippen LogP contribution >= 0.6 is 11.3 Å². The Balaban J connectivity index is 1.54. The fraction of sp³-hybridized carbons (Fsp3) is 0.450. The van der Waals surface area contributed by atoms with Gasteiger partial charge < -0.3 is 9.80 Å². The van der Waals surface area contributed by atoms with Crippen LogP contribution in [-0.2, 0) is 11.8 Å². The topological polar surface area (TPSA) is 65.1 Å². The number of hydrogen-bond donors (Lipinski definition) is 1. The second kappa shape index (κ2) is 6.05. The number of thiazole rings is 1. The number of H-pyrrole nitrogens is 1. The van der Waals surface area contributed by atoms with Gasteiger partial charge in [0.05, 0.1) is 15.9 Å². The van der Waals surface area contributed by atoms with E-state index in [9.17, 15) is 4.79 Å². The van der Waals surface area contributed by atoms with Crippen LogP contribution in [0.4, 0.5) is 11.1 Å². The summed E-state index contributed by atoms with van der Waals surface area (Å²) in [5.41, 5.74) is 2.95. The average molecular weight is 382 g/mol. The molecular weight excluding hydrogens is 358 g/mol. The number of rotatable bonds is 2. The zero-order valence-corrected chi connectivity index (χ0v) is 16.5. The lowest BCUT2D eigenvalue weighted by molar-refractivity contribution is 0.334. The average Bonchev–Trinajstić information content (AvgIpc) is 3.24. The third-order valence-corrected chi connectivity index (χ3v) is 7.01. The summed E-state index contributed by atoms with van der Waals surface area (Å²) in [5.74, 6) is 0.650. The Kier molecular flexibility index (Phi) is 3.75. The monoisotopic (exact) mass is 381 g/mol. The highest BCUT2D eigenvalue weighted by molar-refractivity contribution is 7.22. The molecule has 1 aliphatic heterocycles. The summed E-state index contributed by atoms with van der Waals surface area (Å²) in [4.78, 5) is 29.5. The number of aromatic amines is 1. The summed E-state index contributed by atoms with van der Waals surface area (Å²) >= 11 is 1.76. The summed E-state index contributed by atoms with van der Waals surface area (Å²) in [6, 6.07) is 8.31. The molecule has 6 nitrogen and oxygen atoms in total. The number of aromatic nitrogens is 3. The van der Waals surface area contributed by atoms with Gasteiger partial charge in [0.15, 0.2) is 5.13 Å². The van der Waals surface area contributed by atoms with Crippen LogP contribution in [0.25, 0.3) is 10.2 Å². The van der Waals surface area contributed by atoms with Crippen LogP contribution in [0.5, 0.6) is 0 Å². The van der Waals surface area contributed by atoms with Crippen LogP contribution in [0, 0.1) is 0 Å². The zero-order chi connectivity index (χ0) is 18.6. The SMILES string of the molecule is CN(C)c1nc2c(c(=O)[nH]1)CCC21CCCN(c2nc3ccccc3s2)C1. The molecule has 1 aliphatic carbocycles. The molecule has 7 heteroatoms. The molecule has 0 radical (unpaired) electrons. The van der Waals surface area contributed by atoms with Gasteiger partial charge in [-0.05, 0) is 37.8 Å². The van der Waals surface area contributed by atoms with E-state index < -0.39 is 0 Å². The highest BCUT2D eigenvalue weighted by Crippen LogP contribution is 2.45. The Hall–Kier alpha value is -2.41. The van der Waals surface area contributed by atoms with Crippen molar-refractivity contribution >= 4 is 32.6 Å². The first-order valence-electron chi connectivity index (χ1n) is 9.47. The number of para-hydroxylation sites is 1. The molecule has 0 saturated carbocycles. The van der Waals surface area contributed by atoms with Gasteiger partial charge in [0.1, 0.15) is 0 Å². The van der Waals surface area contributed by atoms with Crippen LogP contribution in [0.2, 0.25) is 0 Å². The quantitative estimate of drug-likeness (QED) is 0.739. The van der Waals surface area contributed by atoms with Gasteiger partial charge in [-0.1, -0.05) is 23.5 Å². The zero-order valence-electron chi connectivity index (χ0n) is 15.7. The number of hydrogen-bond acceptors (Lipinski definition) is 6. The Morgan fingerprint density at radius 2 is 2.07 bits per heavy atom. The number of piperidine rings is 1. The van der Waals surface area contributed by atoms with Gasteiger partial charge in [0, 0.05) is 38.2 Å². The van der Waals surface area contributed by atoms with Crippen molar-refractivity contribution in [2.24, 2.45) is 0 Å². The molecular formula is C20H23N5OS. The normalized spacial score (nSPS) is 21.8. The predicted molar refractivity (Wildman–Crippen MR) is 110 cm³/mol. The van der Waals surface area contributed by atoms with E-state index in [1.165, 1.54) is 4.70 Å². The van der Waals surface area contributed by atoms with Crippen molar-refractivity contribution in [3.05, 3.63) is 45.9 Å². The highest BCUT2D eigenvalue weighted by Gasteiger charge is 2.45. The van der Waals surface area contributed by atoms with Crippen molar-refractivity contribution in [3.8, 4) is 0 Å². The lowest BCUT2D eigenvalue weighted by Crippen LogP contribution is -2.45. The molecule has 0 amide bonds. The van der Waals surface area contributed by atoms with Gasteiger partial charge in [0.25, 0.3) is 5.56 Å². The number of nitrogens with zero attached hydrogens (tertiary/aromatic N) is 4. The first-order chi connectivity index (χ1) is 13.1. The highest BCUT2D eigenvalue weighted by atomic mass is 32.1. The van der Waals surface area contributed by atoms with E-state index in [0.29, 0.717) is 5.95 Å². The molecule has 1 atom stereocenters. The lowest BCUT2D eigenvalue weighted by atomic mass is 9.77. The van der Waals surface area contributed by atoms with Gasteiger partial charge in [-0.2, -0.15) is 0 Å². The predicted octanol–water partition coefficient (Wildman–Crippen LogP) is 2.93. The van der Waals surface area contributed by atoms with Gasteiger partial charge in [-0.25, -0.2) is 9.97 Å². The molecule has 2 aliphatic rings. The first kappa shape index (κ1) is 16.7. The molecule has 1 saturated heterocycles. The molecule has 3 heterocycles. The van der Waals surface area contributed by atoms with Crippen LogP contribution in [0.1, 0.15) is 30.5 Å². The first-order valence-corrected chi connectivity index (χ1v) is 10.3. The molecule has 1 fully saturated rings. The van der Waals surface area contributed by atoms with Crippen molar-refractivity contribution in [2.75, 3.05) is 37.0 Å². The van der Waals surface area contributed by atoms with Crippen LogP contribution in [0.3, 0.4) is 0 Å². The minimum Gasteiger partial charge on any atom is -0.348 e. The second-order valence-electron chi connectivity index (χ2n) is 7.88. The van der Waals surface area contributed by atoms with Crippen LogP contribution < -0.4 is 15.4 Å². The third kappa shape index (κ3) is 2.64. The molecule has 2 aromatic heterocycles. The Labute approximate surface area is 161 Å². The minimum atomic E-state index is -0.0372. The molecule has 1 aromatic carbocycles. The minimum absolute atomic E-state index is 0.0256. The maximum Gasteiger partial charge on any atom is 0.255 e. The Morgan fingerprint density at radius 1 is 1.22 bits per heavy atom. The maximum atomic E-state index is 12.6. The van der Waals surface area contributed by atoms with E-state index in [4.69, 9.17) is 9.97 Å². The fourth-order valence-corrected chi connectivity index (χ4v) is 5.53. The molecule has 1 unspecified atom stereocenters. The van der Waals surface area contributed by atoms with Crippen LogP contribution in [0.15, 0.2) is 29.1 Å². The van der Waals surface area contributed by atoms with Crippen molar-refractivity contribution < 1.29 is 0 Å². The molecule has 1 N–H and O–H groups in total.